The molecule has 2 rings (SSSR count). The molecule has 0 fully saturated rings. The van der Waals surface area contributed by atoms with Gasteiger partial charge in [-0.1, -0.05) is 6.07 Å². The van der Waals surface area contributed by atoms with Gasteiger partial charge in [0.15, 0.2) is 0 Å². The molecule has 6 heteroatoms. The molecule has 0 bridgehead atoms. The monoisotopic (exact) mass is 258 g/mol. The summed E-state index contributed by atoms with van der Waals surface area (Å²) in [4.78, 5) is 22.8. The van der Waals surface area contributed by atoms with Gasteiger partial charge in [0.05, 0.1) is 0 Å². The smallest absolute Gasteiger partial charge is 0.333 e. The van der Waals surface area contributed by atoms with Crippen molar-refractivity contribution in [2.24, 2.45) is 0 Å². The molecule has 1 aromatic heterocycles. The normalized spacial score (nSPS) is 9.74. The fourth-order valence-electron chi connectivity index (χ4n) is 1.56. The van der Waals surface area contributed by atoms with Crippen molar-refractivity contribution < 1.29 is 9.59 Å². The van der Waals surface area contributed by atoms with Gasteiger partial charge in [0, 0.05) is 30.7 Å². The highest BCUT2D eigenvalue weighted by Gasteiger charge is 2.07. The third-order valence-electron chi connectivity index (χ3n) is 2.53. The fraction of sp³-hybridized carbons (Fsp3) is 0.0769. The van der Waals surface area contributed by atoms with Gasteiger partial charge < -0.3 is 9.88 Å². The number of amides is 3. The third-order valence-corrected chi connectivity index (χ3v) is 2.53. The SMILES string of the molecule is CNC(=O)NNC(=O)c1cccc(-n2cccc2)c1. The highest BCUT2D eigenvalue weighted by molar-refractivity contribution is 5.95. The van der Waals surface area contributed by atoms with Crippen LogP contribution in [0, 0.1) is 0 Å². The first kappa shape index (κ1) is 12.7. The minimum Gasteiger partial charge on any atom is -0.340 e. The lowest BCUT2D eigenvalue weighted by molar-refractivity contribution is 0.0936. The van der Waals surface area contributed by atoms with E-state index >= 15 is 0 Å². The summed E-state index contributed by atoms with van der Waals surface area (Å²) in [5.74, 6) is -0.377. The second-order valence-electron chi connectivity index (χ2n) is 3.80. The Balaban J connectivity index is 2.10. The second-order valence-corrected chi connectivity index (χ2v) is 3.80. The summed E-state index contributed by atoms with van der Waals surface area (Å²) in [5.41, 5.74) is 5.87. The lowest BCUT2D eigenvalue weighted by Crippen LogP contribution is -2.45. The molecule has 0 radical (unpaired) electrons. The van der Waals surface area contributed by atoms with Crippen LogP contribution in [0.2, 0.25) is 0 Å². The van der Waals surface area contributed by atoms with Crippen molar-refractivity contribution in [3.05, 3.63) is 54.4 Å². The summed E-state index contributed by atoms with van der Waals surface area (Å²) < 4.78 is 1.89. The number of urea groups is 1. The first-order valence-corrected chi connectivity index (χ1v) is 5.72. The zero-order valence-corrected chi connectivity index (χ0v) is 10.4. The Morgan fingerprint density at radius 2 is 1.79 bits per heavy atom. The van der Waals surface area contributed by atoms with Gasteiger partial charge in [-0.25, -0.2) is 10.2 Å². The fourth-order valence-corrected chi connectivity index (χ4v) is 1.56. The van der Waals surface area contributed by atoms with E-state index in [4.69, 9.17) is 0 Å². The number of nitrogens with one attached hydrogen (secondary N) is 3. The van der Waals surface area contributed by atoms with Gasteiger partial charge in [0.1, 0.15) is 0 Å². The second kappa shape index (κ2) is 5.72. The summed E-state index contributed by atoms with van der Waals surface area (Å²) in [7, 11) is 1.47. The van der Waals surface area contributed by atoms with E-state index < -0.39 is 6.03 Å². The Bertz CT molecular complexity index is 578. The van der Waals surface area contributed by atoms with Crippen molar-refractivity contribution >= 4 is 11.9 Å². The zero-order chi connectivity index (χ0) is 13.7. The van der Waals surface area contributed by atoms with E-state index in [-0.39, 0.29) is 5.91 Å². The van der Waals surface area contributed by atoms with Crippen LogP contribution in [0.15, 0.2) is 48.8 Å². The molecule has 1 aromatic carbocycles. The van der Waals surface area contributed by atoms with Crippen molar-refractivity contribution in [1.29, 1.82) is 0 Å². The van der Waals surface area contributed by atoms with Crippen LogP contribution in [-0.2, 0) is 0 Å². The van der Waals surface area contributed by atoms with Crippen LogP contribution in [-0.4, -0.2) is 23.6 Å². The minimum absolute atomic E-state index is 0.377. The van der Waals surface area contributed by atoms with Gasteiger partial charge in [-0.3, -0.25) is 10.2 Å². The van der Waals surface area contributed by atoms with Crippen molar-refractivity contribution in [2.45, 2.75) is 0 Å². The van der Waals surface area contributed by atoms with Crippen LogP contribution in [0.25, 0.3) is 5.69 Å². The molecule has 98 valence electrons. The summed E-state index contributed by atoms with van der Waals surface area (Å²) in [5, 5.41) is 2.34. The van der Waals surface area contributed by atoms with Gasteiger partial charge in [-0.05, 0) is 30.3 Å². The number of hydrazine groups is 1. The highest BCUT2D eigenvalue weighted by Crippen LogP contribution is 2.10. The molecule has 0 unspecified atom stereocenters. The predicted molar refractivity (Wildman–Crippen MR) is 70.8 cm³/mol. The largest absolute Gasteiger partial charge is 0.340 e. The number of nitrogens with zero attached hydrogens (tertiary/aromatic N) is 1. The molecular formula is C13H14N4O2. The summed E-state index contributed by atoms with van der Waals surface area (Å²) in [6, 6.07) is 10.4. The summed E-state index contributed by atoms with van der Waals surface area (Å²) in [6.45, 7) is 0. The van der Waals surface area contributed by atoms with Gasteiger partial charge in [-0.15, -0.1) is 0 Å². The maximum absolute atomic E-state index is 11.8. The average molecular weight is 258 g/mol. The standard InChI is InChI=1S/C13H14N4O2/c1-14-13(19)16-15-12(18)10-5-4-6-11(9-10)17-7-2-3-8-17/h2-9H,1H3,(H,15,18)(H2,14,16,19). The Labute approximate surface area is 110 Å². The number of carbonyl (C=O) groups is 2. The summed E-state index contributed by atoms with van der Waals surface area (Å²) in [6.07, 6.45) is 3.78. The van der Waals surface area contributed by atoms with Crippen LogP contribution >= 0.6 is 0 Å². The van der Waals surface area contributed by atoms with Crippen molar-refractivity contribution in [3.8, 4) is 5.69 Å². The molecule has 0 spiro atoms. The van der Waals surface area contributed by atoms with Crippen molar-refractivity contribution in [2.75, 3.05) is 7.05 Å². The number of carbonyl (C=O) groups excluding carboxylic acids is 2. The Morgan fingerprint density at radius 3 is 2.47 bits per heavy atom. The van der Waals surface area contributed by atoms with E-state index in [0.717, 1.165) is 5.69 Å². The molecule has 0 aliphatic rings. The van der Waals surface area contributed by atoms with Crippen LogP contribution < -0.4 is 16.2 Å². The summed E-state index contributed by atoms with van der Waals surface area (Å²) >= 11 is 0. The molecule has 0 aliphatic carbocycles. The number of hydrogen-bond acceptors (Lipinski definition) is 2. The van der Waals surface area contributed by atoms with Crippen LogP contribution in [0.3, 0.4) is 0 Å². The maximum Gasteiger partial charge on any atom is 0.333 e. The van der Waals surface area contributed by atoms with Gasteiger partial charge >= 0.3 is 6.03 Å². The quantitative estimate of drug-likeness (QED) is 0.704. The lowest BCUT2D eigenvalue weighted by atomic mass is 10.2. The van der Waals surface area contributed by atoms with E-state index in [1.165, 1.54) is 7.05 Å². The van der Waals surface area contributed by atoms with E-state index in [0.29, 0.717) is 5.56 Å². The number of benzene rings is 1. The average Bonchev–Trinajstić information content (AvgIpc) is 2.98. The van der Waals surface area contributed by atoms with E-state index in [9.17, 15) is 9.59 Å². The number of hydrogen-bond donors (Lipinski definition) is 3. The Morgan fingerprint density at radius 1 is 1.05 bits per heavy atom. The molecule has 1 heterocycles. The van der Waals surface area contributed by atoms with E-state index in [1.807, 2.05) is 35.2 Å². The van der Waals surface area contributed by atoms with E-state index in [2.05, 4.69) is 16.2 Å². The van der Waals surface area contributed by atoms with Crippen LogP contribution in [0.1, 0.15) is 10.4 Å². The van der Waals surface area contributed by atoms with Gasteiger partial charge in [0.25, 0.3) is 5.91 Å². The predicted octanol–water partition coefficient (Wildman–Crippen LogP) is 1.05. The third kappa shape index (κ3) is 3.12. The number of rotatable bonds is 2. The zero-order valence-electron chi connectivity index (χ0n) is 10.4. The molecular weight excluding hydrogens is 244 g/mol. The molecule has 2 aromatic rings. The Hall–Kier alpha value is -2.76. The molecule has 6 nitrogen and oxygen atoms in total. The van der Waals surface area contributed by atoms with Crippen molar-refractivity contribution in [3.63, 3.8) is 0 Å². The van der Waals surface area contributed by atoms with Crippen molar-refractivity contribution in [1.82, 2.24) is 20.7 Å². The molecule has 0 saturated heterocycles. The van der Waals surface area contributed by atoms with E-state index in [1.54, 1.807) is 18.2 Å². The van der Waals surface area contributed by atoms with Crippen LogP contribution in [0.4, 0.5) is 4.79 Å². The topological polar surface area (TPSA) is 75.2 Å². The molecule has 0 saturated carbocycles. The first-order valence-electron chi connectivity index (χ1n) is 5.72. The maximum atomic E-state index is 11.8. The minimum atomic E-state index is -0.477. The molecule has 0 atom stereocenters. The highest BCUT2D eigenvalue weighted by atomic mass is 16.2. The van der Waals surface area contributed by atoms with Crippen LogP contribution in [0.5, 0.6) is 0 Å². The first-order chi connectivity index (χ1) is 9.20. The molecule has 3 amide bonds. The number of aromatic nitrogens is 1. The van der Waals surface area contributed by atoms with Gasteiger partial charge in [0.2, 0.25) is 0 Å². The molecule has 19 heavy (non-hydrogen) atoms. The van der Waals surface area contributed by atoms with Gasteiger partial charge in [-0.2, -0.15) is 0 Å². The lowest BCUT2D eigenvalue weighted by Gasteiger charge is -2.08. The Kier molecular flexibility index (Phi) is 3.82. The molecule has 3 N–H and O–H groups in total. The molecule has 0 aliphatic heterocycles.